The summed E-state index contributed by atoms with van der Waals surface area (Å²) in [5.74, 6) is 1.71. The lowest BCUT2D eigenvalue weighted by molar-refractivity contribution is 0.222. The second kappa shape index (κ2) is 9.73. The number of aromatic nitrogens is 2. The van der Waals surface area contributed by atoms with Crippen LogP contribution in [0.2, 0.25) is 0 Å². The number of aryl methyl sites for hydroxylation is 2. The smallest absolute Gasteiger partial charge is 0.321 e. The third-order valence-electron chi connectivity index (χ3n) is 4.49. The summed E-state index contributed by atoms with van der Waals surface area (Å²) >= 11 is 0. The molecule has 29 heavy (non-hydrogen) atoms. The van der Waals surface area contributed by atoms with Crippen molar-refractivity contribution in [2.75, 3.05) is 18.9 Å². The molecule has 0 bridgehead atoms. The second-order valence-electron chi connectivity index (χ2n) is 6.86. The van der Waals surface area contributed by atoms with Gasteiger partial charge in [0.2, 0.25) is 0 Å². The van der Waals surface area contributed by atoms with E-state index in [1.54, 1.807) is 11.9 Å². The van der Waals surface area contributed by atoms with Crippen molar-refractivity contribution in [2.24, 2.45) is 0 Å². The Kier molecular flexibility index (Phi) is 6.84. The summed E-state index contributed by atoms with van der Waals surface area (Å²) in [4.78, 5) is 18.2. The number of amides is 2. The maximum absolute atomic E-state index is 12.3. The van der Waals surface area contributed by atoms with E-state index in [0.717, 1.165) is 23.4 Å². The van der Waals surface area contributed by atoms with E-state index in [9.17, 15) is 4.79 Å². The number of urea groups is 1. The van der Waals surface area contributed by atoms with Gasteiger partial charge in [-0.05, 0) is 48.7 Å². The molecule has 3 rings (SSSR count). The molecule has 0 saturated carbocycles. The Bertz CT molecular complexity index is 937. The number of nitrogens with zero attached hydrogens (tertiary/aromatic N) is 3. The van der Waals surface area contributed by atoms with Gasteiger partial charge in [-0.3, -0.25) is 0 Å². The molecule has 0 unspecified atom stereocenters. The van der Waals surface area contributed by atoms with E-state index < -0.39 is 0 Å². The normalized spacial score (nSPS) is 10.6. The number of anilines is 1. The van der Waals surface area contributed by atoms with Gasteiger partial charge in [-0.1, -0.05) is 36.3 Å². The number of carbonyl (C=O) groups excluding carboxylic acids is 1. The Morgan fingerprint density at radius 2 is 2.00 bits per heavy atom. The highest BCUT2D eigenvalue weighted by molar-refractivity contribution is 5.89. The molecule has 152 valence electrons. The van der Waals surface area contributed by atoms with E-state index in [4.69, 9.17) is 9.26 Å². The summed E-state index contributed by atoms with van der Waals surface area (Å²) in [5, 5.41) is 6.84. The third kappa shape index (κ3) is 6.07. The van der Waals surface area contributed by atoms with Gasteiger partial charge in [-0.25, -0.2) is 4.79 Å². The van der Waals surface area contributed by atoms with Crippen LogP contribution in [-0.4, -0.2) is 34.7 Å². The van der Waals surface area contributed by atoms with Crippen LogP contribution in [0.1, 0.15) is 29.8 Å². The van der Waals surface area contributed by atoms with E-state index in [2.05, 4.69) is 22.4 Å². The average molecular weight is 394 g/mol. The number of nitrogens with one attached hydrogen (secondary N) is 1. The van der Waals surface area contributed by atoms with Gasteiger partial charge in [0.05, 0.1) is 0 Å². The Hall–Kier alpha value is -3.35. The molecular weight excluding hydrogens is 368 g/mol. The minimum atomic E-state index is -0.180. The van der Waals surface area contributed by atoms with Crippen LogP contribution in [0.4, 0.5) is 10.5 Å². The van der Waals surface area contributed by atoms with Crippen LogP contribution in [0.15, 0.2) is 53.1 Å². The lowest BCUT2D eigenvalue weighted by atomic mass is 10.1. The SMILES string of the molecule is CCc1ccc(NC(=O)N(C)CCc2noc(COc3cccc(C)c3)n2)cc1. The molecule has 0 atom stereocenters. The number of likely N-dealkylation sites (N-methyl/N-ethyl adjacent to an activating group) is 1. The standard InChI is InChI=1S/C22H26N4O3/c1-4-17-8-10-18(11-9-17)23-22(27)26(3)13-12-20-24-21(29-25-20)15-28-19-7-5-6-16(2)14-19/h5-11,14H,4,12-13,15H2,1-3H3,(H,23,27). The summed E-state index contributed by atoms with van der Waals surface area (Å²) in [5.41, 5.74) is 3.13. The monoisotopic (exact) mass is 394 g/mol. The lowest BCUT2D eigenvalue weighted by Gasteiger charge is -2.17. The van der Waals surface area contributed by atoms with Crippen molar-refractivity contribution < 1.29 is 14.1 Å². The summed E-state index contributed by atoms with van der Waals surface area (Å²) in [6.45, 7) is 4.78. The predicted molar refractivity (Wildman–Crippen MR) is 111 cm³/mol. The largest absolute Gasteiger partial charge is 0.484 e. The number of hydrogen-bond donors (Lipinski definition) is 1. The van der Waals surface area contributed by atoms with Gasteiger partial charge in [-0.2, -0.15) is 4.98 Å². The highest BCUT2D eigenvalue weighted by Gasteiger charge is 2.12. The number of benzene rings is 2. The van der Waals surface area contributed by atoms with Crippen LogP contribution in [0.5, 0.6) is 5.75 Å². The van der Waals surface area contributed by atoms with Crippen molar-refractivity contribution in [3.8, 4) is 5.75 Å². The van der Waals surface area contributed by atoms with Gasteiger partial charge in [0.25, 0.3) is 5.89 Å². The topological polar surface area (TPSA) is 80.5 Å². The van der Waals surface area contributed by atoms with E-state index in [0.29, 0.717) is 24.7 Å². The van der Waals surface area contributed by atoms with Gasteiger partial charge in [0.15, 0.2) is 12.4 Å². The minimum absolute atomic E-state index is 0.180. The maximum atomic E-state index is 12.3. The molecule has 0 radical (unpaired) electrons. The first-order chi connectivity index (χ1) is 14.0. The Labute approximate surface area is 170 Å². The zero-order valence-corrected chi connectivity index (χ0v) is 17.0. The summed E-state index contributed by atoms with van der Waals surface area (Å²) < 4.78 is 10.9. The molecule has 3 aromatic rings. The van der Waals surface area contributed by atoms with Gasteiger partial charge < -0.3 is 19.5 Å². The van der Waals surface area contributed by atoms with Crippen molar-refractivity contribution in [3.63, 3.8) is 0 Å². The zero-order chi connectivity index (χ0) is 20.6. The Morgan fingerprint density at radius 1 is 1.21 bits per heavy atom. The molecule has 0 saturated heterocycles. The van der Waals surface area contributed by atoms with Gasteiger partial charge in [-0.15, -0.1) is 0 Å². The van der Waals surface area contributed by atoms with E-state index >= 15 is 0 Å². The summed E-state index contributed by atoms with van der Waals surface area (Å²) in [6.07, 6.45) is 1.46. The molecule has 0 spiro atoms. The Morgan fingerprint density at radius 3 is 2.72 bits per heavy atom. The van der Waals surface area contributed by atoms with Crippen molar-refractivity contribution in [3.05, 3.63) is 71.4 Å². The van der Waals surface area contributed by atoms with Crippen molar-refractivity contribution in [2.45, 2.75) is 33.3 Å². The molecule has 0 aliphatic carbocycles. The average Bonchev–Trinajstić information content (AvgIpc) is 3.19. The van der Waals surface area contributed by atoms with Crippen LogP contribution >= 0.6 is 0 Å². The maximum Gasteiger partial charge on any atom is 0.321 e. The van der Waals surface area contributed by atoms with Crippen LogP contribution < -0.4 is 10.1 Å². The molecule has 2 amide bonds. The number of carbonyl (C=O) groups is 1. The van der Waals surface area contributed by atoms with Crippen LogP contribution in [0.25, 0.3) is 0 Å². The molecule has 7 nitrogen and oxygen atoms in total. The first kappa shape index (κ1) is 20.4. The molecule has 0 aliphatic heterocycles. The van der Waals surface area contributed by atoms with Gasteiger partial charge >= 0.3 is 6.03 Å². The first-order valence-corrected chi connectivity index (χ1v) is 9.65. The molecule has 1 heterocycles. The summed E-state index contributed by atoms with van der Waals surface area (Å²) in [7, 11) is 1.73. The highest BCUT2D eigenvalue weighted by atomic mass is 16.5. The fourth-order valence-electron chi connectivity index (χ4n) is 2.71. The Balaban J connectivity index is 1.44. The number of rotatable bonds is 8. The summed E-state index contributed by atoms with van der Waals surface area (Å²) in [6, 6.07) is 15.4. The van der Waals surface area contributed by atoms with Crippen LogP contribution in [0, 0.1) is 6.92 Å². The second-order valence-corrected chi connectivity index (χ2v) is 6.86. The van der Waals surface area contributed by atoms with Crippen molar-refractivity contribution >= 4 is 11.7 Å². The molecule has 2 aromatic carbocycles. The molecule has 1 aromatic heterocycles. The van der Waals surface area contributed by atoms with E-state index in [1.165, 1.54) is 5.56 Å². The zero-order valence-electron chi connectivity index (χ0n) is 17.0. The van der Waals surface area contributed by atoms with Crippen molar-refractivity contribution in [1.82, 2.24) is 15.0 Å². The van der Waals surface area contributed by atoms with Crippen molar-refractivity contribution in [1.29, 1.82) is 0 Å². The quantitative estimate of drug-likeness (QED) is 0.618. The molecule has 0 fully saturated rings. The molecular formula is C22H26N4O3. The minimum Gasteiger partial charge on any atom is -0.484 e. The molecule has 7 heteroatoms. The van der Waals surface area contributed by atoms with Crippen LogP contribution in [-0.2, 0) is 19.4 Å². The van der Waals surface area contributed by atoms with E-state index in [1.807, 2.05) is 55.5 Å². The molecule has 0 aliphatic rings. The fourth-order valence-corrected chi connectivity index (χ4v) is 2.71. The van der Waals surface area contributed by atoms with E-state index in [-0.39, 0.29) is 12.6 Å². The number of hydrogen-bond acceptors (Lipinski definition) is 5. The predicted octanol–water partition coefficient (Wildman–Crippen LogP) is 4.23. The van der Waals surface area contributed by atoms with Gasteiger partial charge in [0, 0.05) is 25.7 Å². The molecule has 1 N–H and O–H groups in total. The third-order valence-corrected chi connectivity index (χ3v) is 4.49. The number of ether oxygens (including phenoxy) is 1. The van der Waals surface area contributed by atoms with Gasteiger partial charge in [0.1, 0.15) is 5.75 Å². The van der Waals surface area contributed by atoms with Crippen LogP contribution in [0.3, 0.4) is 0 Å². The fraction of sp³-hybridized carbons (Fsp3) is 0.318. The first-order valence-electron chi connectivity index (χ1n) is 9.65. The lowest BCUT2D eigenvalue weighted by Crippen LogP contribution is -2.33. The highest BCUT2D eigenvalue weighted by Crippen LogP contribution is 2.14.